The van der Waals surface area contributed by atoms with E-state index in [0.717, 1.165) is 12.1 Å². The summed E-state index contributed by atoms with van der Waals surface area (Å²) < 4.78 is 35.0. The van der Waals surface area contributed by atoms with Crippen molar-refractivity contribution in [3.05, 3.63) is 95.2 Å². The number of benzene rings is 1. The van der Waals surface area contributed by atoms with E-state index < -0.39 is 23.6 Å². The molecule has 0 radical (unpaired) electrons. The fourth-order valence-electron chi connectivity index (χ4n) is 3.42. The molecule has 0 saturated heterocycles. The highest BCUT2D eigenvalue weighted by atomic mass is 19.1. The van der Waals surface area contributed by atoms with Crippen molar-refractivity contribution < 1.29 is 23.4 Å². The number of nitrogens with one attached hydrogen (secondary N) is 1. The molecule has 32 heavy (non-hydrogen) atoms. The van der Waals surface area contributed by atoms with Gasteiger partial charge in [-0.15, -0.1) is 0 Å². The van der Waals surface area contributed by atoms with E-state index in [0.29, 0.717) is 16.9 Å². The maximum Gasteiger partial charge on any atom is 0.270 e. The molecule has 0 aliphatic carbocycles. The summed E-state index contributed by atoms with van der Waals surface area (Å²) in [5.74, 6) is -1.58. The van der Waals surface area contributed by atoms with Crippen LogP contribution in [0.15, 0.2) is 61.1 Å². The number of halogens is 2. The molecule has 7 nitrogen and oxygen atoms in total. The predicted molar refractivity (Wildman–Crippen MR) is 112 cm³/mol. The lowest BCUT2D eigenvalue weighted by molar-refractivity contribution is 0.0909. The van der Waals surface area contributed by atoms with E-state index in [1.807, 2.05) is 0 Å². The van der Waals surface area contributed by atoms with Crippen LogP contribution in [0.1, 0.15) is 33.4 Å². The number of ether oxygens (including phenoxy) is 1. The van der Waals surface area contributed by atoms with Crippen LogP contribution in [-0.2, 0) is 6.61 Å². The number of hydrogen-bond acceptors (Lipinski definition) is 5. The largest absolute Gasteiger partial charge is 0.485 e. The minimum absolute atomic E-state index is 0.195. The zero-order chi connectivity index (χ0) is 22.7. The molecule has 1 amide bonds. The Morgan fingerprint density at radius 1 is 1.16 bits per heavy atom. The summed E-state index contributed by atoms with van der Waals surface area (Å²) in [6.45, 7) is 1.04. The topological polar surface area (TPSA) is 88.8 Å². The molecule has 0 saturated carbocycles. The van der Waals surface area contributed by atoms with E-state index in [-0.39, 0.29) is 30.2 Å². The fourth-order valence-corrected chi connectivity index (χ4v) is 3.42. The number of aromatic nitrogens is 3. The zero-order valence-corrected chi connectivity index (χ0v) is 17.1. The molecule has 0 unspecified atom stereocenters. The number of fused-ring (bicyclic) bond motifs is 1. The number of pyridine rings is 2. The van der Waals surface area contributed by atoms with E-state index >= 15 is 0 Å². The van der Waals surface area contributed by atoms with Crippen LogP contribution in [0.2, 0.25) is 0 Å². The van der Waals surface area contributed by atoms with Crippen LogP contribution in [0.3, 0.4) is 0 Å². The molecule has 0 fully saturated rings. The van der Waals surface area contributed by atoms with Crippen molar-refractivity contribution in [3.8, 4) is 5.75 Å². The van der Waals surface area contributed by atoms with Crippen molar-refractivity contribution in [1.82, 2.24) is 19.7 Å². The highest BCUT2D eigenvalue weighted by Crippen LogP contribution is 2.24. The van der Waals surface area contributed by atoms with E-state index in [1.165, 1.54) is 6.07 Å². The van der Waals surface area contributed by atoms with Gasteiger partial charge >= 0.3 is 0 Å². The van der Waals surface area contributed by atoms with Crippen molar-refractivity contribution in [2.24, 2.45) is 0 Å². The lowest BCUT2D eigenvalue weighted by atomic mass is 10.1. The Bertz CT molecular complexity index is 1240. The molecule has 2 N–H and O–H groups in total. The summed E-state index contributed by atoms with van der Waals surface area (Å²) in [6, 6.07) is 9.63. The Morgan fingerprint density at radius 3 is 2.56 bits per heavy atom. The highest BCUT2D eigenvalue weighted by molar-refractivity contribution is 5.95. The highest BCUT2D eigenvalue weighted by Gasteiger charge is 2.22. The van der Waals surface area contributed by atoms with Gasteiger partial charge in [-0.05, 0) is 48.9 Å². The SMILES string of the molecule is Cc1nc2c(OCc3c(F)cccc3F)cccn2c1C(=O)N[C@@H](CO)c1ccncc1. The second-order valence-corrected chi connectivity index (χ2v) is 7.09. The summed E-state index contributed by atoms with van der Waals surface area (Å²) in [5, 5.41) is 12.5. The molecule has 0 spiro atoms. The van der Waals surface area contributed by atoms with Gasteiger partial charge in [0.2, 0.25) is 0 Å². The predicted octanol–water partition coefficient (Wildman–Crippen LogP) is 3.36. The van der Waals surface area contributed by atoms with Crippen LogP contribution < -0.4 is 10.1 Å². The van der Waals surface area contributed by atoms with Crippen LogP contribution in [-0.4, -0.2) is 32.0 Å². The van der Waals surface area contributed by atoms with Gasteiger partial charge in [0.1, 0.15) is 23.9 Å². The molecule has 164 valence electrons. The number of aryl methyl sites for hydroxylation is 1. The molecule has 3 aromatic heterocycles. The van der Waals surface area contributed by atoms with Gasteiger partial charge in [0.25, 0.3) is 5.91 Å². The van der Waals surface area contributed by atoms with Gasteiger partial charge in [0.05, 0.1) is 23.9 Å². The summed E-state index contributed by atoms with van der Waals surface area (Å²) in [5.41, 5.74) is 1.53. The van der Waals surface area contributed by atoms with Crippen molar-refractivity contribution in [1.29, 1.82) is 0 Å². The van der Waals surface area contributed by atoms with E-state index in [2.05, 4.69) is 15.3 Å². The molecular weight excluding hydrogens is 418 g/mol. The Labute approximate surface area is 182 Å². The average molecular weight is 438 g/mol. The monoisotopic (exact) mass is 438 g/mol. The summed E-state index contributed by atoms with van der Waals surface area (Å²) in [7, 11) is 0. The standard InChI is InChI=1S/C23H20F2N4O3/c1-14-21(23(31)28-19(12-30)15-7-9-26-10-8-15)29-11-3-6-20(22(29)27-14)32-13-16-17(24)4-2-5-18(16)25/h2-11,19,30H,12-13H2,1H3,(H,28,31)/t19-/m0/s1. The Kier molecular flexibility index (Phi) is 6.09. The zero-order valence-electron chi connectivity index (χ0n) is 17.1. The number of hydrogen-bond donors (Lipinski definition) is 2. The molecule has 0 aliphatic heterocycles. The Morgan fingerprint density at radius 2 is 1.88 bits per heavy atom. The number of amides is 1. The van der Waals surface area contributed by atoms with Crippen LogP contribution in [0, 0.1) is 18.6 Å². The van der Waals surface area contributed by atoms with Crippen LogP contribution in [0.5, 0.6) is 5.75 Å². The van der Waals surface area contributed by atoms with Crippen molar-refractivity contribution in [2.45, 2.75) is 19.6 Å². The number of carbonyl (C=O) groups excluding carboxylic acids is 1. The second-order valence-electron chi connectivity index (χ2n) is 7.09. The average Bonchev–Trinajstić information content (AvgIpc) is 3.14. The first kappa shape index (κ1) is 21.4. The van der Waals surface area contributed by atoms with Gasteiger partial charge in [-0.1, -0.05) is 6.07 Å². The lowest BCUT2D eigenvalue weighted by Gasteiger charge is -2.16. The maximum atomic E-state index is 13.9. The summed E-state index contributed by atoms with van der Waals surface area (Å²) in [6.07, 6.45) is 4.79. The van der Waals surface area contributed by atoms with Crippen LogP contribution >= 0.6 is 0 Å². The minimum atomic E-state index is -0.706. The number of rotatable bonds is 7. The van der Waals surface area contributed by atoms with Crippen molar-refractivity contribution >= 4 is 11.6 Å². The molecule has 4 aromatic rings. The molecule has 1 aromatic carbocycles. The quantitative estimate of drug-likeness (QED) is 0.462. The van der Waals surface area contributed by atoms with Gasteiger partial charge in [-0.3, -0.25) is 14.2 Å². The molecule has 0 bridgehead atoms. The fraction of sp³-hybridized carbons (Fsp3) is 0.174. The van der Waals surface area contributed by atoms with E-state index in [9.17, 15) is 18.7 Å². The molecular formula is C23H20F2N4O3. The van der Waals surface area contributed by atoms with Crippen molar-refractivity contribution in [2.75, 3.05) is 6.61 Å². The number of carbonyl (C=O) groups is 1. The van der Waals surface area contributed by atoms with Gasteiger partial charge in [-0.2, -0.15) is 0 Å². The number of aliphatic hydroxyl groups excluding tert-OH is 1. The smallest absolute Gasteiger partial charge is 0.270 e. The molecule has 3 heterocycles. The normalized spacial score (nSPS) is 12.0. The van der Waals surface area contributed by atoms with E-state index in [4.69, 9.17) is 4.74 Å². The number of imidazole rings is 1. The van der Waals surface area contributed by atoms with Crippen molar-refractivity contribution in [3.63, 3.8) is 0 Å². The van der Waals surface area contributed by atoms with Gasteiger partial charge in [0.15, 0.2) is 11.4 Å². The van der Waals surface area contributed by atoms with Crippen LogP contribution in [0.25, 0.3) is 5.65 Å². The van der Waals surface area contributed by atoms with Gasteiger partial charge in [-0.25, -0.2) is 13.8 Å². The van der Waals surface area contributed by atoms with Crippen LogP contribution in [0.4, 0.5) is 8.78 Å². The number of nitrogens with zero attached hydrogens (tertiary/aromatic N) is 3. The first-order chi connectivity index (χ1) is 15.5. The summed E-state index contributed by atoms with van der Waals surface area (Å²) >= 11 is 0. The first-order valence-electron chi connectivity index (χ1n) is 9.84. The Hall–Kier alpha value is -3.85. The van der Waals surface area contributed by atoms with Gasteiger partial charge in [0, 0.05) is 18.6 Å². The van der Waals surface area contributed by atoms with Gasteiger partial charge < -0.3 is 15.2 Å². The lowest BCUT2D eigenvalue weighted by Crippen LogP contribution is -2.32. The Balaban J connectivity index is 1.61. The third kappa shape index (κ3) is 4.15. The maximum absolute atomic E-state index is 13.9. The molecule has 9 heteroatoms. The number of aliphatic hydroxyl groups is 1. The first-order valence-corrected chi connectivity index (χ1v) is 9.84. The summed E-state index contributed by atoms with van der Waals surface area (Å²) in [4.78, 5) is 21.4. The van der Waals surface area contributed by atoms with E-state index in [1.54, 1.807) is 54.2 Å². The second kappa shape index (κ2) is 9.11. The molecule has 1 atom stereocenters. The third-order valence-corrected chi connectivity index (χ3v) is 5.03. The minimum Gasteiger partial charge on any atom is -0.485 e. The third-order valence-electron chi connectivity index (χ3n) is 5.03. The molecule has 4 rings (SSSR count). The molecule has 0 aliphatic rings.